The summed E-state index contributed by atoms with van der Waals surface area (Å²) in [5.41, 5.74) is 5.72. The zero-order valence-corrected chi connectivity index (χ0v) is 20.2. The van der Waals surface area contributed by atoms with Crippen molar-refractivity contribution in [2.45, 2.75) is 84.6 Å². The van der Waals surface area contributed by atoms with Gasteiger partial charge in [0.15, 0.2) is 0 Å². The summed E-state index contributed by atoms with van der Waals surface area (Å²) in [6.45, 7) is 9.77. The third-order valence-corrected chi connectivity index (χ3v) is 6.62. The zero-order chi connectivity index (χ0) is 23.1. The molecule has 4 heteroatoms. The minimum absolute atomic E-state index is 0.0216. The van der Waals surface area contributed by atoms with Crippen LogP contribution < -0.4 is 10.2 Å². The van der Waals surface area contributed by atoms with E-state index in [1.807, 2.05) is 0 Å². The maximum atomic E-state index is 11.4. The van der Waals surface area contributed by atoms with Crippen LogP contribution in [0.1, 0.15) is 82.8 Å². The Balaban J connectivity index is 2.02. The first-order valence-corrected chi connectivity index (χ1v) is 12.3. The van der Waals surface area contributed by atoms with E-state index in [0.717, 1.165) is 29.9 Å². The Bertz CT molecular complexity index is 870. The van der Waals surface area contributed by atoms with E-state index in [9.17, 15) is 9.90 Å². The second kappa shape index (κ2) is 11.4. The fourth-order valence-corrected chi connectivity index (χ4v) is 4.89. The number of carboxylic acids is 1. The van der Waals surface area contributed by atoms with Crippen LogP contribution in [0, 0.1) is 12.8 Å². The van der Waals surface area contributed by atoms with E-state index < -0.39 is 5.97 Å². The molecule has 174 valence electrons. The molecule has 1 aliphatic carbocycles. The summed E-state index contributed by atoms with van der Waals surface area (Å²) in [6, 6.07) is 15.6. The smallest absolute Gasteiger partial charge is 0.303 e. The SMILES string of the molecule is CCC(CC(=O)O)c1ccc(N(CC(C)C)C2CCCCC2)c(Nc2ccc(C)cc2)c1. The van der Waals surface area contributed by atoms with Crippen LogP contribution in [0.2, 0.25) is 0 Å². The molecule has 1 atom stereocenters. The highest BCUT2D eigenvalue weighted by molar-refractivity contribution is 5.77. The first-order chi connectivity index (χ1) is 15.4. The normalized spacial score (nSPS) is 15.5. The van der Waals surface area contributed by atoms with Crippen molar-refractivity contribution in [3.05, 3.63) is 53.6 Å². The molecule has 1 saturated carbocycles. The van der Waals surface area contributed by atoms with Crippen molar-refractivity contribution in [1.82, 2.24) is 0 Å². The molecule has 4 nitrogen and oxygen atoms in total. The van der Waals surface area contributed by atoms with Gasteiger partial charge in [-0.15, -0.1) is 0 Å². The topological polar surface area (TPSA) is 52.6 Å². The van der Waals surface area contributed by atoms with Crippen LogP contribution in [-0.4, -0.2) is 23.7 Å². The van der Waals surface area contributed by atoms with E-state index in [4.69, 9.17) is 0 Å². The summed E-state index contributed by atoms with van der Waals surface area (Å²) in [7, 11) is 0. The average molecular weight is 437 g/mol. The number of nitrogens with zero attached hydrogens (tertiary/aromatic N) is 1. The van der Waals surface area contributed by atoms with Gasteiger partial charge in [-0.05, 0) is 67.9 Å². The molecule has 0 aliphatic heterocycles. The molecule has 0 aromatic heterocycles. The Kier molecular flexibility index (Phi) is 8.60. The van der Waals surface area contributed by atoms with E-state index in [0.29, 0.717) is 12.0 Å². The van der Waals surface area contributed by atoms with Gasteiger partial charge in [0, 0.05) is 18.3 Å². The Morgan fingerprint density at radius 3 is 2.38 bits per heavy atom. The highest BCUT2D eigenvalue weighted by Gasteiger charge is 2.25. The molecule has 0 bridgehead atoms. The maximum absolute atomic E-state index is 11.4. The van der Waals surface area contributed by atoms with Gasteiger partial charge >= 0.3 is 5.97 Å². The number of rotatable bonds is 10. The number of benzene rings is 2. The Morgan fingerprint density at radius 1 is 1.09 bits per heavy atom. The minimum atomic E-state index is -0.738. The number of carboxylic acid groups (broad SMARTS) is 1. The van der Waals surface area contributed by atoms with Crippen LogP contribution in [0.5, 0.6) is 0 Å². The lowest BCUT2D eigenvalue weighted by Gasteiger charge is -2.39. The predicted octanol–water partition coefficient (Wildman–Crippen LogP) is 7.50. The largest absolute Gasteiger partial charge is 0.481 e. The summed E-state index contributed by atoms with van der Waals surface area (Å²) in [4.78, 5) is 14.0. The van der Waals surface area contributed by atoms with E-state index in [1.165, 1.54) is 43.4 Å². The van der Waals surface area contributed by atoms with Gasteiger partial charge in [-0.1, -0.05) is 63.8 Å². The first-order valence-electron chi connectivity index (χ1n) is 12.3. The monoisotopic (exact) mass is 436 g/mol. The van der Waals surface area contributed by atoms with Gasteiger partial charge in [0.25, 0.3) is 0 Å². The van der Waals surface area contributed by atoms with Crippen molar-refractivity contribution in [1.29, 1.82) is 0 Å². The molecule has 0 spiro atoms. The summed E-state index contributed by atoms with van der Waals surface area (Å²) in [5.74, 6) is -0.148. The van der Waals surface area contributed by atoms with E-state index >= 15 is 0 Å². The number of aryl methyl sites for hydroxylation is 1. The summed E-state index contributed by atoms with van der Waals surface area (Å²) in [5, 5.41) is 13.1. The number of carbonyl (C=O) groups is 1. The molecule has 0 amide bonds. The third-order valence-electron chi connectivity index (χ3n) is 6.62. The molecular weight excluding hydrogens is 396 g/mol. The highest BCUT2D eigenvalue weighted by Crippen LogP contribution is 2.38. The zero-order valence-electron chi connectivity index (χ0n) is 20.2. The van der Waals surface area contributed by atoms with Crippen LogP contribution in [0.25, 0.3) is 0 Å². The standard InChI is InChI=1S/C28H40N2O2/c1-5-22(18-28(31)32)23-13-16-27(26(17-23)29-24-14-11-21(4)12-15-24)30(19-20(2)3)25-9-7-6-8-10-25/h11-17,20,22,25,29H,5-10,18-19H2,1-4H3,(H,31,32). The van der Waals surface area contributed by atoms with E-state index in [1.54, 1.807) is 0 Å². The van der Waals surface area contributed by atoms with Gasteiger partial charge in [0.05, 0.1) is 17.8 Å². The van der Waals surface area contributed by atoms with Gasteiger partial charge < -0.3 is 15.3 Å². The molecule has 3 rings (SSSR count). The van der Waals surface area contributed by atoms with Gasteiger partial charge in [0.1, 0.15) is 0 Å². The molecule has 0 heterocycles. The lowest BCUT2D eigenvalue weighted by molar-refractivity contribution is -0.137. The molecule has 1 unspecified atom stereocenters. The number of hydrogen-bond donors (Lipinski definition) is 2. The fraction of sp³-hybridized carbons (Fsp3) is 0.536. The van der Waals surface area contributed by atoms with Gasteiger partial charge in [-0.25, -0.2) is 0 Å². The quantitative estimate of drug-likeness (QED) is 0.405. The van der Waals surface area contributed by atoms with Crippen LogP contribution in [0.3, 0.4) is 0 Å². The summed E-state index contributed by atoms with van der Waals surface area (Å²) < 4.78 is 0. The van der Waals surface area contributed by atoms with Gasteiger partial charge in [-0.2, -0.15) is 0 Å². The predicted molar refractivity (Wildman–Crippen MR) is 135 cm³/mol. The van der Waals surface area contributed by atoms with Crippen molar-refractivity contribution in [3.8, 4) is 0 Å². The molecule has 1 aliphatic rings. The average Bonchev–Trinajstić information content (AvgIpc) is 2.78. The molecule has 32 heavy (non-hydrogen) atoms. The second-order valence-electron chi connectivity index (χ2n) is 9.81. The Hall–Kier alpha value is -2.49. The lowest BCUT2D eigenvalue weighted by Crippen LogP contribution is -2.39. The van der Waals surface area contributed by atoms with Gasteiger partial charge in [-0.3, -0.25) is 4.79 Å². The number of nitrogens with one attached hydrogen (secondary N) is 1. The molecule has 2 aromatic carbocycles. The summed E-state index contributed by atoms with van der Waals surface area (Å²) >= 11 is 0. The van der Waals surface area contributed by atoms with Crippen molar-refractivity contribution in [2.24, 2.45) is 5.92 Å². The molecule has 2 aromatic rings. The number of hydrogen-bond acceptors (Lipinski definition) is 3. The third kappa shape index (κ3) is 6.51. The molecule has 1 fully saturated rings. The van der Waals surface area contributed by atoms with Crippen LogP contribution in [0.4, 0.5) is 17.1 Å². The first kappa shape index (κ1) is 24.2. The fourth-order valence-electron chi connectivity index (χ4n) is 4.89. The van der Waals surface area contributed by atoms with Crippen LogP contribution in [-0.2, 0) is 4.79 Å². The minimum Gasteiger partial charge on any atom is -0.481 e. The van der Waals surface area contributed by atoms with Crippen molar-refractivity contribution in [2.75, 3.05) is 16.8 Å². The lowest BCUT2D eigenvalue weighted by atomic mass is 9.90. The maximum Gasteiger partial charge on any atom is 0.303 e. The van der Waals surface area contributed by atoms with E-state index in [2.05, 4.69) is 80.4 Å². The van der Waals surface area contributed by atoms with E-state index in [-0.39, 0.29) is 12.3 Å². The summed E-state index contributed by atoms with van der Waals surface area (Å²) in [6.07, 6.45) is 7.41. The van der Waals surface area contributed by atoms with Crippen LogP contribution in [0.15, 0.2) is 42.5 Å². The molecule has 2 N–H and O–H groups in total. The van der Waals surface area contributed by atoms with Crippen LogP contribution >= 0.6 is 0 Å². The highest BCUT2D eigenvalue weighted by atomic mass is 16.4. The molecular formula is C28H40N2O2. The molecule has 0 radical (unpaired) electrons. The van der Waals surface area contributed by atoms with Crippen molar-refractivity contribution >= 4 is 23.0 Å². The Morgan fingerprint density at radius 2 is 1.78 bits per heavy atom. The Labute approximate surface area is 194 Å². The van der Waals surface area contributed by atoms with Crippen molar-refractivity contribution in [3.63, 3.8) is 0 Å². The number of aliphatic carboxylic acids is 1. The van der Waals surface area contributed by atoms with Gasteiger partial charge in [0.2, 0.25) is 0 Å². The number of anilines is 3. The van der Waals surface area contributed by atoms with Crippen molar-refractivity contribution < 1.29 is 9.90 Å². The second-order valence-corrected chi connectivity index (χ2v) is 9.81. The molecule has 0 saturated heterocycles.